The fourth-order valence-corrected chi connectivity index (χ4v) is 5.82. The second-order valence-corrected chi connectivity index (χ2v) is 10.2. The summed E-state index contributed by atoms with van der Waals surface area (Å²) in [4.78, 5) is 0.0164. The molecule has 0 aromatic heterocycles. The minimum atomic E-state index is -3.82. The van der Waals surface area contributed by atoms with Gasteiger partial charge in [0.25, 0.3) is 0 Å². The molecule has 1 rings (SSSR count). The fraction of sp³-hybridized carbons (Fsp3) is 0.400. The van der Waals surface area contributed by atoms with Gasteiger partial charge in [0, 0.05) is 34.5 Å². The van der Waals surface area contributed by atoms with Crippen molar-refractivity contribution < 1.29 is 16.8 Å². The molecule has 1 aromatic carbocycles. The number of nitrogens with two attached hydrogens (primary N) is 1. The molecule has 10 heteroatoms. The van der Waals surface area contributed by atoms with Gasteiger partial charge in [-0.2, -0.15) is 4.31 Å². The molecule has 0 spiro atoms. The third-order valence-corrected chi connectivity index (χ3v) is 7.12. The van der Waals surface area contributed by atoms with Crippen LogP contribution in [0.5, 0.6) is 0 Å². The summed E-state index contributed by atoms with van der Waals surface area (Å²) in [6, 6.07) is 2.95. The van der Waals surface area contributed by atoms with Crippen molar-refractivity contribution in [3.8, 4) is 0 Å². The van der Waals surface area contributed by atoms with Crippen LogP contribution in [0.25, 0.3) is 0 Å². The molecule has 0 bridgehead atoms. The highest BCUT2D eigenvalue weighted by Gasteiger charge is 2.27. The van der Waals surface area contributed by atoms with Crippen molar-refractivity contribution in [2.45, 2.75) is 4.90 Å². The molecule has 0 aliphatic rings. The van der Waals surface area contributed by atoms with Crippen molar-refractivity contribution in [2.75, 3.05) is 31.3 Å². The molecule has 0 heterocycles. The van der Waals surface area contributed by atoms with Crippen LogP contribution in [0.4, 0.5) is 5.69 Å². The van der Waals surface area contributed by atoms with Crippen molar-refractivity contribution in [1.82, 2.24) is 4.31 Å². The quantitative estimate of drug-likeness (QED) is 0.686. The maximum Gasteiger partial charge on any atom is 0.245 e. The van der Waals surface area contributed by atoms with Gasteiger partial charge in [0.1, 0.15) is 14.7 Å². The van der Waals surface area contributed by atoms with E-state index in [1.54, 1.807) is 0 Å². The summed E-state index contributed by atoms with van der Waals surface area (Å²) in [6.07, 6.45) is 1.06. The normalized spacial score (nSPS) is 12.8. The van der Waals surface area contributed by atoms with E-state index in [4.69, 9.17) is 5.73 Å². The van der Waals surface area contributed by atoms with Gasteiger partial charge in [0.05, 0.1) is 5.75 Å². The highest BCUT2D eigenvalue weighted by Crippen LogP contribution is 2.33. The summed E-state index contributed by atoms with van der Waals surface area (Å²) in [7, 11) is -5.73. The number of sulfone groups is 1. The van der Waals surface area contributed by atoms with Crippen LogP contribution in [-0.4, -0.2) is 46.7 Å². The first-order valence-corrected chi connectivity index (χ1v) is 10.4. The Balaban J connectivity index is 3.18. The van der Waals surface area contributed by atoms with Gasteiger partial charge in [0.15, 0.2) is 0 Å². The van der Waals surface area contributed by atoms with Crippen molar-refractivity contribution in [3.63, 3.8) is 0 Å². The Kier molecular flexibility index (Phi) is 5.64. The smallest absolute Gasteiger partial charge is 0.245 e. The lowest BCUT2D eigenvalue weighted by atomic mass is 10.3. The first-order valence-electron chi connectivity index (χ1n) is 5.34. The minimum absolute atomic E-state index is 0.0164. The van der Waals surface area contributed by atoms with Crippen molar-refractivity contribution in [2.24, 2.45) is 0 Å². The molecule has 0 radical (unpaired) electrons. The Morgan fingerprint density at radius 1 is 1.15 bits per heavy atom. The van der Waals surface area contributed by atoms with Gasteiger partial charge in [-0.1, -0.05) is 0 Å². The second kappa shape index (κ2) is 6.30. The molecule has 6 nitrogen and oxygen atoms in total. The van der Waals surface area contributed by atoms with E-state index in [-0.39, 0.29) is 17.2 Å². The van der Waals surface area contributed by atoms with E-state index in [0.717, 1.165) is 10.6 Å². The molecule has 0 fully saturated rings. The number of halogens is 2. The van der Waals surface area contributed by atoms with E-state index in [9.17, 15) is 16.8 Å². The maximum absolute atomic E-state index is 12.4. The number of sulfonamides is 1. The number of anilines is 1. The molecule has 0 aliphatic heterocycles. The molecular weight excluding hydrogens is 436 g/mol. The average Bonchev–Trinajstić information content (AvgIpc) is 2.22. The third-order valence-electron chi connectivity index (χ3n) is 2.47. The number of benzene rings is 1. The highest BCUT2D eigenvalue weighted by molar-refractivity contribution is 9.11. The average molecular weight is 450 g/mol. The monoisotopic (exact) mass is 448 g/mol. The summed E-state index contributed by atoms with van der Waals surface area (Å²) in [5.74, 6) is -0.243. The highest BCUT2D eigenvalue weighted by atomic mass is 79.9. The standard InChI is InChI=1S/C10H14Br2N2O4S2/c1-14(3-4-19(2,15)16)20(17,18)10-8(11)5-7(13)6-9(10)12/h5-6H,3-4,13H2,1-2H3. The van der Waals surface area contributed by atoms with Crippen LogP contribution in [0.15, 0.2) is 26.0 Å². The molecule has 114 valence electrons. The van der Waals surface area contributed by atoms with Crippen molar-refractivity contribution in [1.29, 1.82) is 0 Å². The first kappa shape index (κ1) is 17.9. The Hall–Kier alpha value is -0.160. The van der Waals surface area contributed by atoms with Gasteiger partial charge in [-0.05, 0) is 44.0 Å². The van der Waals surface area contributed by atoms with Gasteiger partial charge in [-0.15, -0.1) is 0 Å². The van der Waals surface area contributed by atoms with Gasteiger partial charge >= 0.3 is 0 Å². The van der Waals surface area contributed by atoms with E-state index < -0.39 is 19.9 Å². The molecule has 0 atom stereocenters. The molecular formula is C10H14Br2N2O4S2. The molecule has 2 N–H and O–H groups in total. The lowest BCUT2D eigenvalue weighted by molar-refractivity contribution is 0.484. The third kappa shape index (κ3) is 4.42. The van der Waals surface area contributed by atoms with Crippen LogP contribution < -0.4 is 5.73 Å². The zero-order chi connectivity index (χ0) is 15.7. The predicted molar refractivity (Wildman–Crippen MR) is 85.8 cm³/mol. The van der Waals surface area contributed by atoms with E-state index in [1.165, 1.54) is 19.2 Å². The number of nitrogens with zero attached hydrogens (tertiary/aromatic N) is 1. The second-order valence-electron chi connectivity index (χ2n) is 4.27. The zero-order valence-corrected chi connectivity index (χ0v) is 15.6. The lowest BCUT2D eigenvalue weighted by Gasteiger charge is -2.19. The topological polar surface area (TPSA) is 97.5 Å². The van der Waals surface area contributed by atoms with Crippen LogP contribution >= 0.6 is 31.9 Å². The van der Waals surface area contributed by atoms with Crippen LogP contribution in [0, 0.1) is 0 Å². The molecule has 1 aromatic rings. The maximum atomic E-state index is 12.4. The van der Waals surface area contributed by atoms with Crippen molar-refractivity contribution in [3.05, 3.63) is 21.1 Å². The van der Waals surface area contributed by atoms with Crippen LogP contribution in [0.3, 0.4) is 0 Å². The molecule has 0 aliphatic carbocycles. The number of hydrogen-bond acceptors (Lipinski definition) is 5. The van der Waals surface area contributed by atoms with Crippen LogP contribution in [0.1, 0.15) is 0 Å². The van der Waals surface area contributed by atoms with E-state index in [2.05, 4.69) is 31.9 Å². The van der Waals surface area contributed by atoms with Gasteiger partial charge < -0.3 is 5.73 Å². The summed E-state index contributed by atoms with van der Waals surface area (Å²) < 4.78 is 48.7. The predicted octanol–water partition coefficient (Wildman–Crippen LogP) is 1.46. The van der Waals surface area contributed by atoms with Crippen molar-refractivity contribution >= 4 is 57.4 Å². The fourth-order valence-electron chi connectivity index (χ4n) is 1.40. The van der Waals surface area contributed by atoms with E-state index in [0.29, 0.717) is 14.6 Å². The largest absolute Gasteiger partial charge is 0.399 e. The lowest BCUT2D eigenvalue weighted by Crippen LogP contribution is -2.32. The molecule has 0 saturated carbocycles. The summed E-state index contributed by atoms with van der Waals surface area (Å²) in [6.45, 7) is -0.121. The molecule has 0 saturated heterocycles. The molecule has 0 amide bonds. The van der Waals surface area contributed by atoms with Gasteiger partial charge in [-0.3, -0.25) is 0 Å². The first-order chi connectivity index (χ1) is 8.95. The molecule has 0 unspecified atom stereocenters. The molecule has 20 heavy (non-hydrogen) atoms. The van der Waals surface area contributed by atoms with Crippen LogP contribution in [-0.2, 0) is 19.9 Å². The van der Waals surface area contributed by atoms with Gasteiger partial charge in [0.2, 0.25) is 10.0 Å². The minimum Gasteiger partial charge on any atom is -0.399 e. The van der Waals surface area contributed by atoms with E-state index >= 15 is 0 Å². The van der Waals surface area contributed by atoms with Gasteiger partial charge in [-0.25, -0.2) is 16.8 Å². The Morgan fingerprint density at radius 3 is 2.00 bits per heavy atom. The summed E-state index contributed by atoms with van der Waals surface area (Å²) >= 11 is 6.32. The summed E-state index contributed by atoms with van der Waals surface area (Å²) in [5.41, 5.74) is 6.02. The zero-order valence-electron chi connectivity index (χ0n) is 10.8. The number of hydrogen-bond donors (Lipinski definition) is 1. The number of nitrogen functional groups attached to an aromatic ring is 1. The van der Waals surface area contributed by atoms with E-state index in [1.807, 2.05) is 0 Å². The summed E-state index contributed by atoms with van der Waals surface area (Å²) in [5, 5.41) is 0. The Labute approximate surface area is 135 Å². The Bertz CT molecular complexity index is 694. The van der Waals surface area contributed by atoms with Crippen LogP contribution in [0.2, 0.25) is 0 Å². The number of rotatable bonds is 5. The Morgan fingerprint density at radius 2 is 1.60 bits per heavy atom. The SMILES string of the molecule is CN(CCS(C)(=O)=O)S(=O)(=O)c1c(Br)cc(N)cc1Br.